The molecule has 3 N–H and O–H groups in total. The third-order valence-electron chi connectivity index (χ3n) is 3.49. The van der Waals surface area contributed by atoms with E-state index in [0.717, 1.165) is 11.3 Å². The van der Waals surface area contributed by atoms with E-state index in [1.54, 1.807) is 31.2 Å². The lowest BCUT2D eigenvalue weighted by Gasteiger charge is -2.15. The Kier molecular flexibility index (Phi) is 6.45. The van der Waals surface area contributed by atoms with Crippen LogP contribution in [0.3, 0.4) is 0 Å². The second kappa shape index (κ2) is 8.77. The number of anilines is 1. The minimum atomic E-state index is -0.682. The first-order valence-corrected chi connectivity index (χ1v) is 8.10. The number of benzene rings is 1. The van der Waals surface area contributed by atoms with Gasteiger partial charge in [0.2, 0.25) is 5.91 Å². The van der Waals surface area contributed by atoms with Gasteiger partial charge in [0.05, 0.1) is 19.4 Å². The van der Waals surface area contributed by atoms with Crippen LogP contribution in [-0.2, 0) is 11.3 Å². The number of carbonyl (C=O) groups excluding carboxylic acids is 2. The number of rotatable bonds is 7. The minimum Gasteiger partial charge on any atom is -0.494 e. The molecule has 2 aromatic rings. The normalized spacial score (nSPS) is 11.5. The Bertz CT molecular complexity index is 713. The molecule has 1 heterocycles. The number of hydrogen-bond acceptors (Lipinski definition) is 4. The summed E-state index contributed by atoms with van der Waals surface area (Å²) in [5.41, 5.74) is 1.55. The highest BCUT2D eigenvalue weighted by molar-refractivity contribution is 5.93. The molecule has 134 valence electrons. The largest absolute Gasteiger partial charge is 0.494 e. The molecule has 7 nitrogen and oxygen atoms in total. The van der Waals surface area contributed by atoms with E-state index in [4.69, 9.17) is 9.15 Å². The highest BCUT2D eigenvalue weighted by Gasteiger charge is 2.15. The molecule has 0 aliphatic rings. The first kappa shape index (κ1) is 18.4. The standard InChI is InChI=1S/C18H23N3O4/c1-4-24-16-8-7-14(10-12(16)2)21-18(23)20-13(3)17(22)19-11-15-6-5-9-25-15/h5-10,13H,4,11H2,1-3H3,(H,19,22)(H2,20,21,23)/t13-/m1/s1. The molecule has 1 aromatic heterocycles. The van der Waals surface area contributed by atoms with Gasteiger partial charge in [0.15, 0.2) is 0 Å². The number of furan rings is 1. The molecule has 2 rings (SSSR count). The average Bonchev–Trinajstić information content (AvgIpc) is 3.08. The first-order valence-electron chi connectivity index (χ1n) is 8.10. The fourth-order valence-corrected chi connectivity index (χ4v) is 2.21. The summed E-state index contributed by atoms with van der Waals surface area (Å²) in [5.74, 6) is 1.13. The molecular formula is C18H23N3O4. The molecular weight excluding hydrogens is 322 g/mol. The van der Waals surface area contributed by atoms with E-state index in [2.05, 4.69) is 16.0 Å². The van der Waals surface area contributed by atoms with Crippen molar-refractivity contribution in [3.05, 3.63) is 47.9 Å². The maximum absolute atomic E-state index is 12.0. The van der Waals surface area contributed by atoms with Crippen LogP contribution in [0.2, 0.25) is 0 Å². The SMILES string of the molecule is CCOc1ccc(NC(=O)N[C@H](C)C(=O)NCc2ccco2)cc1C. The summed E-state index contributed by atoms with van der Waals surface area (Å²) in [6.45, 7) is 6.28. The second-order valence-electron chi connectivity index (χ2n) is 5.53. The van der Waals surface area contributed by atoms with Crippen molar-refractivity contribution in [2.24, 2.45) is 0 Å². The van der Waals surface area contributed by atoms with Crippen LogP contribution in [0.15, 0.2) is 41.0 Å². The zero-order valence-corrected chi connectivity index (χ0v) is 14.6. The highest BCUT2D eigenvalue weighted by atomic mass is 16.5. The van der Waals surface area contributed by atoms with Crippen LogP contribution in [0.4, 0.5) is 10.5 Å². The molecule has 7 heteroatoms. The number of ether oxygens (including phenoxy) is 1. The quantitative estimate of drug-likeness (QED) is 0.719. The fraction of sp³-hybridized carbons (Fsp3) is 0.333. The van der Waals surface area contributed by atoms with Crippen molar-refractivity contribution >= 4 is 17.6 Å². The lowest BCUT2D eigenvalue weighted by molar-refractivity contribution is -0.122. The molecule has 0 fully saturated rings. The molecule has 1 aromatic carbocycles. The van der Waals surface area contributed by atoms with Crippen LogP contribution in [0.1, 0.15) is 25.2 Å². The van der Waals surface area contributed by atoms with Crippen molar-refractivity contribution in [1.82, 2.24) is 10.6 Å². The van der Waals surface area contributed by atoms with Crippen molar-refractivity contribution in [2.75, 3.05) is 11.9 Å². The first-order chi connectivity index (χ1) is 12.0. The average molecular weight is 345 g/mol. The third kappa shape index (κ3) is 5.56. The van der Waals surface area contributed by atoms with E-state index < -0.39 is 12.1 Å². The maximum atomic E-state index is 12.0. The van der Waals surface area contributed by atoms with Crippen molar-refractivity contribution in [2.45, 2.75) is 33.4 Å². The number of aryl methyl sites for hydroxylation is 1. The van der Waals surface area contributed by atoms with Crippen LogP contribution >= 0.6 is 0 Å². The Balaban J connectivity index is 1.82. The lowest BCUT2D eigenvalue weighted by Crippen LogP contribution is -2.46. The van der Waals surface area contributed by atoms with Gasteiger partial charge in [0, 0.05) is 5.69 Å². The lowest BCUT2D eigenvalue weighted by atomic mass is 10.2. The molecule has 0 bridgehead atoms. The Hall–Kier alpha value is -2.96. The predicted molar refractivity (Wildman–Crippen MR) is 94.5 cm³/mol. The smallest absolute Gasteiger partial charge is 0.319 e. The predicted octanol–water partition coefficient (Wildman–Crippen LogP) is 2.81. The minimum absolute atomic E-state index is 0.275. The number of nitrogens with one attached hydrogen (secondary N) is 3. The van der Waals surface area contributed by atoms with E-state index in [1.165, 1.54) is 6.26 Å². The molecule has 0 aliphatic heterocycles. The van der Waals surface area contributed by atoms with Gasteiger partial charge in [-0.2, -0.15) is 0 Å². The Morgan fingerprint density at radius 1 is 1.28 bits per heavy atom. The number of carbonyl (C=O) groups is 2. The number of amides is 3. The van der Waals surface area contributed by atoms with Gasteiger partial charge >= 0.3 is 6.03 Å². The van der Waals surface area contributed by atoms with Crippen LogP contribution in [0, 0.1) is 6.92 Å². The molecule has 25 heavy (non-hydrogen) atoms. The summed E-state index contributed by atoms with van der Waals surface area (Å²) in [4.78, 5) is 24.0. The van der Waals surface area contributed by atoms with Gasteiger partial charge in [-0.15, -0.1) is 0 Å². The number of hydrogen-bond donors (Lipinski definition) is 3. The highest BCUT2D eigenvalue weighted by Crippen LogP contribution is 2.21. The summed E-state index contributed by atoms with van der Waals surface area (Å²) in [6.07, 6.45) is 1.54. The zero-order valence-electron chi connectivity index (χ0n) is 14.6. The van der Waals surface area contributed by atoms with Gasteiger partial charge in [-0.25, -0.2) is 4.79 Å². The zero-order chi connectivity index (χ0) is 18.2. The van der Waals surface area contributed by atoms with Gasteiger partial charge in [-0.05, 0) is 56.7 Å². The van der Waals surface area contributed by atoms with Crippen molar-refractivity contribution in [3.8, 4) is 5.75 Å². The van der Waals surface area contributed by atoms with Crippen LogP contribution < -0.4 is 20.7 Å². The fourth-order valence-electron chi connectivity index (χ4n) is 2.21. The molecule has 0 saturated carbocycles. The molecule has 0 saturated heterocycles. The monoisotopic (exact) mass is 345 g/mol. The Morgan fingerprint density at radius 2 is 2.08 bits per heavy atom. The molecule has 0 aliphatic carbocycles. The summed E-state index contributed by atoms with van der Waals surface area (Å²) in [5, 5.41) is 7.99. The van der Waals surface area contributed by atoms with E-state index >= 15 is 0 Å². The second-order valence-corrected chi connectivity index (χ2v) is 5.53. The molecule has 1 atom stereocenters. The summed E-state index contributed by atoms with van der Waals surface area (Å²) >= 11 is 0. The van der Waals surface area contributed by atoms with E-state index in [-0.39, 0.29) is 12.5 Å². The number of urea groups is 1. The topological polar surface area (TPSA) is 92.6 Å². The Morgan fingerprint density at radius 3 is 2.72 bits per heavy atom. The Labute approximate surface area is 146 Å². The molecule has 0 spiro atoms. The molecule has 0 radical (unpaired) electrons. The van der Waals surface area contributed by atoms with Gasteiger partial charge < -0.3 is 25.1 Å². The van der Waals surface area contributed by atoms with Crippen LogP contribution in [0.5, 0.6) is 5.75 Å². The third-order valence-corrected chi connectivity index (χ3v) is 3.49. The molecule has 3 amide bonds. The summed E-state index contributed by atoms with van der Waals surface area (Å²) < 4.78 is 10.6. The van der Waals surface area contributed by atoms with E-state index in [0.29, 0.717) is 18.1 Å². The van der Waals surface area contributed by atoms with Crippen molar-refractivity contribution in [1.29, 1.82) is 0 Å². The molecule has 0 unspecified atom stereocenters. The van der Waals surface area contributed by atoms with E-state index in [1.807, 2.05) is 19.9 Å². The van der Waals surface area contributed by atoms with Crippen LogP contribution in [0.25, 0.3) is 0 Å². The summed E-state index contributed by atoms with van der Waals surface area (Å²) in [7, 11) is 0. The van der Waals surface area contributed by atoms with Gasteiger partial charge in [0.1, 0.15) is 17.6 Å². The van der Waals surface area contributed by atoms with Gasteiger partial charge in [-0.1, -0.05) is 0 Å². The van der Waals surface area contributed by atoms with Crippen LogP contribution in [-0.4, -0.2) is 24.6 Å². The van der Waals surface area contributed by atoms with Gasteiger partial charge in [0.25, 0.3) is 0 Å². The van der Waals surface area contributed by atoms with Crippen molar-refractivity contribution < 1.29 is 18.7 Å². The van der Waals surface area contributed by atoms with Crippen molar-refractivity contribution in [3.63, 3.8) is 0 Å². The van der Waals surface area contributed by atoms with E-state index in [9.17, 15) is 9.59 Å². The summed E-state index contributed by atoms with van der Waals surface area (Å²) in [6, 6.07) is 7.73. The maximum Gasteiger partial charge on any atom is 0.319 e. The van der Waals surface area contributed by atoms with Gasteiger partial charge in [-0.3, -0.25) is 4.79 Å².